The number of fused-ring (bicyclic) bond motifs is 1. The highest BCUT2D eigenvalue weighted by atomic mass is 32.2. The van der Waals surface area contributed by atoms with E-state index in [9.17, 15) is 9.59 Å². The van der Waals surface area contributed by atoms with Crippen LogP contribution in [0, 0.1) is 0 Å². The lowest BCUT2D eigenvalue weighted by Crippen LogP contribution is -2.35. The van der Waals surface area contributed by atoms with E-state index < -0.39 is 0 Å². The summed E-state index contributed by atoms with van der Waals surface area (Å²) in [7, 11) is 1.61. The van der Waals surface area contributed by atoms with Gasteiger partial charge >= 0.3 is 0 Å². The number of nitrogens with zero attached hydrogens (tertiary/aromatic N) is 1. The van der Waals surface area contributed by atoms with E-state index in [1.807, 2.05) is 47.4 Å². The van der Waals surface area contributed by atoms with Crippen molar-refractivity contribution in [3.05, 3.63) is 89.5 Å². The van der Waals surface area contributed by atoms with Gasteiger partial charge in [-0.1, -0.05) is 30.3 Å². The molecule has 0 unspecified atom stereocenters. The summed E-state index contributed by atoms with van der Waals surface area (Å²) >= 11 is 1.51. The normalized spacial score (nSPS) is 14.7. The lowest BCUT2D eigenvalue weighted by molar-refractivity contribution is -0.118. The number of carbonyl (C=O) groups is 2. The van der Waals surface area contributed by atoms with Crippen LogP contribution in [0.4, 0.5) is 5.69 Å². The second-order valence-corrected chi connectivity index (χ2v) is 8.85. The first-order valence-electron chi connectivity index (χ1n) is 10.6. The van der Waals surface area contributed by atoms with Crippen molar-refractivity contribution in [3.63, 3.8) is 0 Å². The Labute approximate surface area is 192 Å². The minimum atomic E-state index is -0.0284. The van der Waals surface area contributed by atoms with Crippen LogP contribution < -0.4 is 15.0 Å². The third-order valence-corrected chi connectivity index (χ3v) is 6.54. The van der Waals surface area contributed by atoms with Crippen LogP contribution >= 0.6 is 11.8 Å². The van der Waals surface area contributed by atoms with Crippen LogP contribution in [0.1, 0.15) is 28.4 Å². The first kappa shape index (κ1) is 22.0. The van der Waals surface area contributed by atoms with E-state index in [0.717, 1.165) is 33.9 Å². The van der Waals surface area contributed by atoms with Crippen molar-refractivity contribution >= 4 is 29.3 Å². The maximum absolute atomic E-state index is 13.2. The van der Waals surface area contributed by atoms with Crippen LogP contribution in [0.15, 0.2) is 77.7 Å². The summed E-state index contributed by atoms with van der Waals surface area (Å²) < 4.78 is 5.20. The molecular weight excluding hydrogens is 420 g/mol. The zero-order chi connectivity index (χ0) is 22.5. The highest BCUT2D eigenvalue weighted by Gasteiger charge is 2.31. The maximum atomic E-state index is 13.2. The summed E-state index contributed by atoms with van der Waals surface area (Å²) in [6.45, 7) is 2.49. The van der Waals surface area contributed by atoms with Gasteiger partial charge in [-0.15, -0.1) is 11.8 Å². The first-order valence-corrected chi connectivity index (χ1v) is 11.6. The molecule has 1 atom stereocenters. The van der Waals surface area contributed by atoms with Gasteiger partial charge in [0.15, 0.2) is 0 Å². The van der Waals surface area contributed by atoms with Crippen molar-refractivity contribution in [2.75, 3.05) is 17.8 Å². The molecule has 0 aromatic heterocycles. The van der Waals surface area contributed by atoms with Crippen molar-refractivity contribution in [3.8, 4) is 5.75 Å². The number of benzene rings is 3. The molecule has 0 fully saturated rings. The van der Waals surface area contributed by atoms with Gasteiger partial charge in [-0.3, -0.25) is 9.59 Å². The Kier molecular flexibility index (Phi) is 6.81. The Morgan fingerprint density at radius 1 is 1.06 bits per heavy atom. The molecule has 3 aromatic carbocycles. The Morgan fingerprint density at radius 2 is 1.81 bits per heavy atom. The Hall–Kier alpha value is -3.25. The standard InChI is InChI=1S/C26H26N2O3S/c1-18-14-21-9-8-19(16-27-25(29)17-32-23-6-4-3-5-7-23)15-24(21)28(18)26(30)20-10-12-22(31-2)13-11-20/h3-13,15,18H,14,16-17H2,1-2H3,(H,27,29)/t18-/m1/s1. The highest BCUT2D eigenvalue weighted by molar-refractivity contribution is 8.00. The Morgan fingerprint density at radius 3 is 2.53 bits per heavy atom. The first-order chi connectivity index (χ1) is 15.5. The van der Waals surface area contributed by atoms with E-state index in [1.54, 1.807) is 31.4 Å². The molecule has 2 amide bonds. The van der Waals surface area contributed by atoms with Crippen LogP contribution in [0.25, 0.3) is 0 Å². The molecule has 1 N–H and O–H groups in total. The van der Waals surface area contributed by atoms with E-state index in [0.29, 0.717) is 17.9 Å². The fraction of sp³-hybridized carbons (Fsp3) is 0.231. The largest absolute Gasteiger partial charge is 0.497 e. The summed E-state index contributed by atoms with van der Waals surface area (Å²) in [5.74, 6) is 1.05. The number of rotatable bonds is 7. The fourth-order valence-corrected chi connectivity index (χ4v) is 4.61. The van der Waals surface area contributed by atoms with E-state index in [1.165, 1.54) is 11.8 Å². The van der Waals surface area contributed by atoms with Crippen molar-refractivity contribution < 1.29 is 14.3 Å². The number of anilines is 1. The molecule has 32 heavy (non-hydrogen) atoms. The number of carbonyl (C=O) groups excluding carboxylic acids is 2. The van der Waals surface area contributed by atoms with Gasteiger partial charge in [-0.2, -0.15) is 0 Å². The van der Waals surface area contributed by atoms with E-state index in [2.05, 4.69) is 18.3 Å². The number of amides is 2. The van der Waals surface area contributed by atoms with Crippen LogP contribution in [0.5, 0.6) is 5.75 Å². The fourth-order valence-electron chi connectivity index (χ4n) is 3.86. The summed E-state index contributed by atoms with van der Waals surface area (Å²) in [6, 6.07) is 23.2. The molecule has 0 bridgehead atoms. The average molecular weight is 447 g/mol. The lowest BCUT2D eigenvalue weighted by atomic mass is 10.1. The zero-order valence-electron chi connectivity index (χ0n) is 18.2. The van der Waals surface area contributed by atoms with Crippen LogP contribution in [-0.4, -0.2) is 30.7 Å². The summed E-state index contributed by atoms with van der Waals surface area (Å²) in [5, 5.41) is 2.98. The highest BCUT2D eigenvalue weighted by Crippen LogP contribution is 2.34. The Bertz CT molecular complexity index is 1100. The molecule has 3 aromatic rings. The zero-order valence-corrected chi connectivity index (χ0v) is 19.0. The lowest BCUT2D eigenvalue weighted by Gasteiger charge is -2.23. The molecule has 0 spiro atoms. The minimum absolute atomic E-state index is 0.0149. The average Bonchev–Trinajstić information content (AvgIpc) is 3.16. The third kappa shape index (κ3) is 4.97. The van der Waals surface area contributed by atoms with Crippen molar-refractivity contribution in [2.24, 2.45) is 0 Å². The van der Waals surface area contributed by atoms with Gasteiger partial charge in [-0.05, 0) is 66.9 Å². The smallest absolute Gasteiger partial charge is 0.258 e. The molecule has 5 nitrogen and oxygen atoms in total. The molecule has 1 heterocycles. The maximum Gasteiger partial charge on any atom is 0.258 e. The third-order valence-electron chi connectivity index (χ3n) is 5.52. The predicted molar refractivity (Wildman–Crippen MR) is 128 cm³/mol. The number of hydrogen-bond donors (Lipinski definition) is 1. The predicted octanol–water partition coefficient (Wildman–Crippen LogP) is 4.70. The van der Waals surface area contributed by atoms with Crippen molar-refractivity contribution in [1.29, 1.82) is 0 Å². The monoisotopic (exact) mass is 446 g/mol. The quantitative estimate of drug-likeness (QED) is 0.535. The van der Waals surface area contributed by atoms with Gasteiger partial charge in [0.25, 0.3) is 5.91 Å². The SMILES string of the molecule is COc1ccc(C(=O)N2c3cc(CNC(=O)CSc4ccccc4)ccc3C[C@H]2C)cc1. The molecule has 6 heteroatoms. The molecule has 0 saturated carbocycles. The molecule has 0 saturated heterocycles. The van der Waals surface area contributed by atoms with Crippen LogP contribution in [0.2, 0.25) is 0 Å². The molecule has 1 aliphatic rings. The van der Waals surface area contributed by atoms with E-state index >= 15 is 0 Å². The number of ether oxygens (including phenoxy) is 1. The summed E-state index contributed by atoms with van der Waals surface area (Å²) in [6.07, 6.45) is 0.817. The van der Waals surface area contributed by atoms with Crippen LogP contribution in [-0.2, 0) is 17.8 Å². The van der Waals surface area contributed by atoms with E-state index in [-0.39, 0.29) is 17.9 Å². The number of hydrogen-bond acceptors (Lipinski definition) is 4. The molecule has 1 aliphatic heterocycles. The molecular formula is C26H26N2O3S. The number of thioether (sulfide) groups is 1. The van der Waals surface area contributed by atoms with Crippen LogP contribution in [0.3, 0.4) is 0 Å². The summed E-state index contributed by atoms with van der Waals surface area (Å²) in [4.78, 5) is 28.4. The second kappa shape index (κ2) is 9.92. The molecule has 164 valence electrons. The molecule has 4 rings (SSSR count). The summed E-state index contributed by atoms with van der Waals surface area (Å²) in [5.41, 5.74) is 3.67. The van der Waals surface area contributed by atoms with Gasteiger partial charge in [0.2, 0.25) is 5.91 Å². The topological polar surface area (TPSA) is 58.6 Å². The number of nitrogens with one attached hydrogen (secondary N) is 1. The van der Waals surface area contributed by atoms with Crippen molar-refractivity contribution in [2.45, 2.75) is 30.8 Å². The number of methoxy groups -OCH3 is 1. The van der Waals surface area contributed by atoms with Crippen molar-refractivity contribution in [1.82, 2.24) is 5.32 Å². The van der Waals surface area contributed by atoms with Gasteiger partial charge in [-0.25, -0.2) is 0 Å². The second-order valence-electron chi connectivity index (χ2n) is 7.80. The molecule has 0 radical (unpaired) electrons. The van der Waals surface area contributed by atoms with Gasteiger partial charge in [0.05, 0.1) is 12.9 Å². The minimum Gasteiger partial charge on any atom is -0.497 e. The Balaban J connectivity index is 1.42. The van der Waals surface area contributed by atoms with E-state index in [4.69, 9.17) is 4.74 Å². The van der Waals surface area contributed by atoms with Gasteiger partial charge in [0, 0.05) is 28.7 Å². The molecule has 0 aliphatic carbocycles. The van der Waals surface area contributed by atoms with Gasteiger partial charge in [0.1, 0.15) is 5.75 Å². The van der Waals surface area contributed by atoms with Gasteiger partial charge < -0.3 is 15.0 Å².